The van der Waals surface area contributed by atoms with Gasteiger partial charge in [0.05, 0.1) is 10.7 Å². The monoisotopic (exact) mass is 326 g/mol. The average Bonchev–Trinajstić information content (AvgIpc) is 2.94. The maximum atomic E-state index is 12.1. The molecule has 1 aliphatic heterocycles. The summed E-state index contributed by atoms with van der Waals surface area (Å²) in [6.07, 6.45) is 2.02. The van der Waals surface area contributed by atoms with E-state index in [-0.39, 0.29) is 15.5 Å². The van der Waals surface area contributed by atoms with Crippen LogP contribution >= 0.6 is 23.5 Å². The molecule has 0 atom stereocenters. The Morgan fingerprint density at radius 2 is 2.00 bits per heavy atom. The zero-order valence-electron chi connectivity index (χ0n) is 13.1. The SMILES string of the molecule is CCOC(=O)c1oc2c(c1C)C1(CC(C)(C)C2)SCCS1. The maximum absolute atomic E-state index is 12.1. The third-order valence-electron chi connectivity index (χ3n) is 4.17. The first-order valence-corrected chi connectivity index (χ1v) is 9.43. The van der Waals surface area contributed by atoms with Gasteiger partial charge in [-0.2, -0.15) is 0 Å². The second-order valence-corrected chi connectivity index (χ2v) is 9.59. The Kier molecular flexibility index (Phi) is 3.85. The lowest BCUT2D eigenvalue weighted by molar-refractivity contribution is 0.0485. The van der Waals surface area contributed by atoms with E-state index in [1.165, 1.54) is 17.1 Å². The smallest absolute Gasteiger partial charge is 0.374 e. The van der Waals surface area contributed by atoms with Crippen molar-refractivity contribution in [1.82, 2.24) is 0 Å². The number of fused-ring (bicyclic) bond motifs is 2. The molecule has 0 aromatic carbocycles. The van der Waals surface area contributed by atoms with Gasteiger partial charge in [0.25, 0.3) is 0 Å². The summed E-state index contributed by atoms with van der Waals surface area (Å²) in [6, 6.07) is 0. The van der Waals surface area contributed by atoms with Gasteiger partial charge >= 0.3 is 5.97 Å². The van der Waals surface area contributed by atoms with E-state index in [0.29, 0.717) is 12.4 Å². The van der Waals surface area contributed by atoms with E-state index < -0.39 is 0 Å². The molecular weight excluding hydrogens is 304 g/mol. The van der Waals surface area contributed by atoms with Crippen LogP contribution in [0, 0.1) is 12.3 Å². The molecule has 0 unspecified atom stereocenters. The summed E-state index contributed by atoms with van der Waals surface area (Å²) in [6.45, 7) is 8.79. The van der Waals surface area contributed by atoms with Crippen LogP contribution in [0.25, 0.3) is 0 Å². The fraction of sp³-hybridized carbons (Fsp3) is 0.688. The zero-order valence-corrected chi connectivity index (χ0v) is 14.7. The number of hydrogen-bond donors (Lipinski definition) is 0. The highest BCUT2D eigenvalue weighted by atomic mass is 32.2. The van der Waals surface area contributed by atoms with Crippen molar-refractivity contribution in [3.8, 4) is 0 Å². The van der Waals surface area contributed by atoms with Gasteiger partial charge in [-0.05, 0) is 25.7 Å². The molecule has 0 radical (unpaired) electrons. The van der Waals surface area contributed by atoms with Crippen LogP contribution < -0.4 is 0 Å². The quantitative estimate of drug-likeness (QED) is 0.755. The van der Waals surface area contributed by atoms with Gasteiger partial charge in [-0.15, -0.1) is 23.5 Å². The van der Waals surface area contributed by atoms with Crippen molar-refractivity contribution < 1.29 is 13.9 Å². The fourth-order valence-electron chi connectivity index (χ4n) is 3.50. The lowest BCUT2D eigenvalue weighted by Gasteiger charge is -2.41. The Hall–Kier alpha value is -0.550. The Balaban J connectivity index is 2.10. The highest BCUT2D eigenvalue weighted by molar-refractivity contribution is 8.20. The van der Waals surface area contributed by atoms with Gasteiger partial charge in [0.2, 0.25) is 5.76 Å². The van der Waals surface area contributed by atoms with E-state index >= 15 is 0 Å². The first-order chi connectivity index (χ1) is 9.88. The van der Waals surface area contributed by atoms with E-state index in [9.17, 15) is 4.79 Å². The van der Waals surface area contributed by atoms with Gasteiger partial charge in [0, 0.05) is 29.1 Å². The van der Waals surface area contributed by atoms with Crippen LogP contribution in [0.4, 0.5) is 0 Å². The molecule has 1 fully saturated rings. The summed E-state index contributed by atoms with van der Waals surface area (Å²) in [5, 5.41) is 0. The molecular formula is C16H22O3S2. The normalized spacial score (nSPS) is 22.3. The Bertz CT molecular complexity index is 568. The van der Waals surface area contributed by atoms with Gasteiger partial charge in [0.15, 0.2) is 0 Å². The third-order valence-corrected chi connectivity index (χ3v) is 7.58. The predicted octanol–water partition coefficient (Wildman–Crippen LogP) is 4.37. The van der Waals surface area contributed by atoms with E-state index in [1.807, 2.05) is 37.4 Å². The third kappa shape index (κ3) is 2.52. The summed E-state index contributed by atoms with van der Waals surface area (Å²) in [4.78, 5) is 12.1. The van der Waals surface area contributed by atoms with Crippen molar-refractivity contribution in [2.45, 2.75) is 44.6 Å². The minimum absolute atomic E-state index is 0.0649. The molecule has 0 bridgehead atoms. The van der Waals surface area contributed by atoms with Crippen molar-refractivity contribution in [3.05, 3.63) is 22.6 Å². The van der Waals surface area contributed by atoms with Crippen molar-refractivity contribution in [1.29, 1.82) is 0 Å². The van der Waals surface area contributed by atoms with Crippen molar-refractivity contribution in [2.75, 3.05) is 18.1 Å². The highest BCUT2D eigenvalue weighted by Gasteiger charge is 2.50. The first-order valence-electron chi connectivity index (χ1n) is 7.46. The minimum Gasteiger partial charge on any atom is -0.460 e. The molecule has 21 heavy (non-hydrogen) atoms. The predicted molar refractivity (Wildman–Crippen MR) is 88.1 cm³/mol. The van der Waals surface area contributed by atoms with E-state index in [1.54, 1.807) is 0 Å². The highest BCUT2D eigenvalue weighted by Crippen LogP contribution is 2.62. The second-order valence-electron chi connectivity index (χ2n) is 6.54. The molecule has 0 N–H and O–H groups in total. The molecule has 0 amide bonds. The summed E-state index contributed by atoms with van der Waals surface area (Å²) < 4.78 is 11.2. The lowest BCUT2D eigenvalue weighted by atomic mass is 9.76. The molecule has 1 aromatic heterocycles. The standard InChI is InChI=1S/C16H22O3S2/c1-5-18-14(17)13-10(2)12-11(19-13)8-15(3,4)9-16(12)20-6-7-21-16/h5-9H2,1-4H3. The lowest BCUT2D eigenvalue weighted by Crippen LogP contribution is -2.33. The average molecular weight is 326 g/mol. The number of furan rings is 1. The van der Waals surface area contributed by atoms with E-state index in [2.05, 4.69) is 13.8 Å². The molecule has 3 nitrogen and oxygen atoms in total. The van der Waals surface area contributed by atoms with Crippen LogP contribution in [0.1, 0.15) is 54.6 Å². The van der Waals surface area contributed by atoms with Crippen molar-refractivity contribution in [3.63, 3.8) is 0 Å². The van der Waals surface area contributed by atoms with E-state index in [4.69, 9.17) is 9.15 Å². The molecule has 0 saturated carbocycles. The van der Waals surface area contributed by atoms with Crippen molar-refractivity contribution in [2.24, 2.45) is 5.41 Å². The number of carbonyl (C=O) groups is 1. The number of thioether (sulfide) groups is 2. The largest absolute Gasteiger partial charge is 0.460 e. The molecule has 1 aliphatic carbocycles. The van der Waals surface area contributed by atoms with Crippen LogP contribution in [0.15, 0.2) is 4.42 Å². The molecule has 2 heterocycles. The number of rotatable bonds is 2. The van der Waals surface area contributed by atoms with Crippen LogP contribution in [0.3, 0.4) is 0 Å². The van der Waals surface area contributed by atoms with Crippen LogP contribution in [0.2, 0.25) is 0 Å². The molecule has 3 rings (SSSR count). The topological polar surface area (TPSA) is 39.4 Å². The van der Waals surface area contributed by atoms with Gasteiger partial charge in [-0.25, -0.2) is 4.79 Å². The summed E-state index contributed by atoms with van der Waals surface area (Å²) in [5.41, 5.74) is 2.45. The maximum Gasteiger partial charge on any atom is 0.374 e. The van der Waals surface area contributed by atoms with Gasteiger partial charge in [-0.1, -0.05) is 13.8 Å². The summed E-state index contributed by atoms with van der Waals surface area (Å²) >= 11 is 4.03. The summed E-state index contributed by atoms with van der Waals surface area (Å²) in [7, 11) is 0. The van der Waals surface area contributed by atoms with Gasteiger partial charge in [0.1, 0.15) is 5.76 Å². The number of hydrogen-bond acceptors (Lipinski definition) is 5. The van der Waals surface area contributed by atoms with Crippen LogP contribution in [0.5, 0.6) is 0 Å². The molecule has 116 valence electrons. The Morgan fingerprint density at radius 3 is 2.62 bits per heavy atom. The van der Waals surface area contributed by atoms with Crippen LogP contribution in [-0.4, -0.2) is 24.1 Å². The number of ether oxygens (including phenoxy) is 1. The van der Waals surface area contributed by atoms with Crippen LogP contribution in [-0.2, 0) is 15.2 Å². The van der Waals surface area contributed by atoms with Gasteiger partial charge < -0.3 is 9.15 Å². The molecule has 1 saturated heterocycles. The van der Waals surface area contributed by atoms with E-state index in [0.717, 1.165) is 24.2 Å². The Morgan fingerprint density at radius 1 is 1.33 bits per heavy atom. The molecule has 1 spiro atoms. The minimum atomic E-state index is -0.328. The molecule has 5 heteroatoms. The molecule has 2 aliphatic rings. The second kappa shape index (κ2) is 5.27. The zero-order chi connectivity index (χ0) is 15.3. The fourth-order valence-corrected chi connectivity index (χ4v) is 7.47. The van der Waals surface area contributed by atoms with Crippen molar-refractivity contribution >= 4 is 29.5 Å². The summed E-state index contributed by atoms with van der Waals surface area (Å²) in [5.74, 6) is 3.41. The molecule has 1 aromatic rings. The Labute approximate surface area is 134 Å². The number of esters is 1. The van der Waals surface area contributed by atoms with Gasteiger partial charge in [-0.3, -0.25) is 0 Å². The number of carbonyl (C=O) groups excluding carboxylic acids is 1. The first kappa shape index (κ1) is 15.3.